The highest BCUT2D eigenvalue weighted by Crippen LogP contribution is 2.31. The molecule has 0 spiro atoms. The molecule has 0 bridgehead atoms. The van der Waals surface area contributed by atoms with E-state index in [1.54, 1.807) is 0 Å². The van der Waals surface area contributed by atoms with Gasteiger partial charge in [-0.3, -0.25) is 0 Å². The van der Waals surface area contributed by atoms with Crippen molar-refractivity contribution in [2.75, 3.05) is 13.1 Å². The number of halogens is 1. The van der Waals surface area contributed by atoms with Crippen LogP contribution in [0, 0.1) is 0 Å². The predicted molar refractivity (Wildman–Crippen MR) is 66.4 cm³/mol. The van der Waals surface area contributed by atoms with E-state index in [0.717, 1.165) is 50.3 Å². The number of hydrogen-bond donors (Lipinski definition) is 2. The van der Waals surface area contributed by atoms with Crippen LogP contribution in [0.3, 0.4) is 0 Å². The lowest BCUT2D eigenvalue weighted by Crippen LogP contribution is -2.30. The highest BCUT2D eigenvalue weighted by molar-refractivity contribution is 6.30. The third kappa shape index (κ3) is 2.09. The molecule has 0 amide bonds. The highest BCUT2D eigenvalue weighted by atomic mass is 35.5. The third-order valence-electron chi connectivity index (χ3n) is 3.87. The molecule has 1 aromatic rings. The number of hydrogen-bond acceptors (Lipinski definition) is 3. The van der Waals surface area contributed by atoms with Crippen molar-refractivity contribution in [3.8, 4) is 0 Å². The van der Waals surface area contributed by atoms with Gasteiger partial charge < -0.3 is 15.0 Å². The normalized spacial score (nSPS) is 25.9. The first kappa shape index (κ1) is 11.5. The summed E-state index contributed by atoms with van der Waals surface area (Å²) >= 11 is 6.20. The fourth-order valence-electron chi connectivity index (χ4n) is 2.91. The lowest BCUT2D eigenvalue weighted by atomic mass is 9.96. The molecule has 1 atom stereocenters. The Morgan fingerprint density at radius 3 is 2.82 bits per heavy atom. The van der Waals surface area contributed by atoms with Gasteiger partial charge in [0.25, 0.3) is 0 Å². The first-order valence-electron chi connectivity index (χ1n) is 6.39. The fraction of sp³-hybridized carbons (Fsp3) is 0.750. The van der Waals surface area contributed by atoms with E-state index >= 15 is 0 Å². The molecule has 0 aromatic carbocycles. The summed E-state index contributed by atoms with van der Waals surface area (Å²) in [5.41, 5.74) is 1.12. The van der Waals surface area contributed by atoms with E-state index in [-0.39, 0.29) is 6.10 Å². The zero-order valence-electron chi connectivity index (χ0n) is 9.82. The van der Waals surface area contributed by atoms with Crippen molar-refractivity contribution in [2.45, 2.75) is 44.2 Å². The quantitative estimate of drug-likeness (QED) is 0.796. The average Bonchev–Trinajstić information content (AvgIpc) is 2.67. The standard InChI is InChI=1S/C12H18ClN3O/c13-11-10-2-1-9(17)7-16(10)12(15-11)8-3-5-14-6-4-8/h8-9,14,17H,1-7H2. The topological polar surface area (TPSA) is 50.1 Å². The van der Waals surface area contributed by atoms with Crippen LogP contribution in [0.4, 0.5) is 0 Å². The van der Waals surface area contributed by atoms with Crippen LogP contribution in [0.25, 0.3) is 0 Å². The number of aromatic nitrogens is 2. The third-order valence-corrected chi connectivity index (χ3v) is 4.17. The maximum atomic E-state index is 9.78. The molecule has 0 aliphatic carbocycles. The molecule has 0 saturated carbocycles. The molecule has 3 rings (SSSR count). The van der Waals surface area contributed by atoms with E-state index in [4.69, 9.17) is 11.6 Å². The lowest BCUT2D eigenvalue weighted by Gasteiger charge is -2.26. The molecule has 1 aromatic heterocycles. The minimum atomic E-state index is -0.242. The van der Waals surface area contributed by atoms with Gasteiger partial charge in [0.15, 0.2) is 5.15 Å². The van der Waals surface area contributed by atoms with Gasteiger partial charge in [0.2, 0.25) is 0 Å². The second-order valence-corrected chi connectivity index (χ2v) is 5.39. The Balaban J connectivity index is 1.93. The first-order chi connectivity index (χ1) is 8.25. The number of nitrogens with zero attached hydrogens (tertiary/aromatic N) is 2. The van der Waals surface area contributed by atoms with Gasteiger partial charge in [-0.15, -0.1) is 0 Å². The summed E-state index contributed by atoms with van der Waals surface area (Å²) in [5.74, 6) is 1.58. The van der Waals surface area contributed by atoms with Crippen molar-refractivity contribution in [3.63, 3.8) is 0 Å². The van der Waals surface area contributed by atoms with E-state index in [1.807, 2.05) is 0 Å². The molecule has 4 nitrogen and oxygen atoms in total. The number of nitrogens with one attached hydrogen (secondary N) is 1. The van der Waals surface area contributed by atoms with Crippen molar-refractivity contribution >= 4 is 11.6 Å². The van der Waals surface area contributed by atoms with Crippen LogP contribution in [0.1, 0.15) is 36.7 Å². The van der Waals surface area contributed by atoms with E-state index in [2.05, 4.69) is 14.9 Å². The van der Waals surface area contributed by atoms with Crippen LogP contribution >= 0.6 is 11.6 Å². The number of aliphatic hydroxyl groups is 1. The number of piperidine rings is 1. The largest absolute Gasteiger partial charge is 0.391 e. The zero-order valence-corrected chi connectivity index (χ0v) is 10.6. The molecule has 1 fully saturated rings. The van der Waals surface area contributed by atoms with Crippen molar-refractivity contribution in [2.24, 2.45) is 0 Å². The van der Waals surface area contributed by atoms with Gasteiger partial charge in [-0.05, 0) is 38.8 Å². The summed E-state index contributed by atoms with van der Waals surface area (Å²) in [4.78, 5) is 4.54. The molecule has 2 aliphatic heterocycles. The summed E-state index contributed by atoms with van der Waals surface area (Å²) in [7, 11) is 0. The zero-order chi connectivity index (χ0) is 11.8. The Kier molecular flexibility index (Phi) is 3.11. The van der Waals surface area contributed by atoms with E-state index in [1.165, 1.54) is 0 Å². The number of fused-ring (bicyclic) bond motifs is 1. The Morgan fingerprint density at radius 1 is 1.29 bits per heavy atom. The van der Waals surface area contributed by atoms with Gasteiger partial charge >= 0.3 is 0 Å². The summed E-state index contributed by atoms with van der Waals surface area (Å²) < 4.78 is 2.16. The predicted octanol–water partition coefficient (Wildman–Crippen LogP) is 1.31. The molecule has 0 radical (unpaired) electrons. The van der Waals surface area contributed by atoms with Crippen LogP contribution < -0.4 is 5.32 Å². The van der Waals surface area contributed by atoms with Gasteiger partial charge in [-0.25, -0.2) is 4.98 Å². The fourth-order valence-corrected chi connectivity index (χ4v) is 3.20. The van der Waals surface area contributed by atoms with Crippen LogP contribution in [-0.2, 0) is 13.0 Å². The molecule has 1 unspecified atom stereocenters. The smallest absolute Gasteiger partial charge is 0.150 e. The van der Waals surface area contributed by atoms with E-state index in [0.29, 0.717) is 17.6 Å². The van der Waals surface area contributed by atoms with Gasteiger partial charge in [-0.1, -0.05) is 11.6 Å². The van der Waals surface area contributed by atoms with E-state index in [9.17, 15) is 5.11 Å². The van der Waals surface area contributed by atoms with Crippen molar-refractivity contribution in [1.82, 2.24) is 14.9 Å². The Bertz CT molecular complexity index is 412. The summed E-state index contributed by atoms with van der Waals surface area (Å²) in [6, 6.07) is 0. The maximum Gasteiger partial charge on any atom is 0.150 e. The molecule has 5 heteroatoms. The van der Waals surface area contributed by atoms with Crippen LogP contribution in [0.2, 0.25) is 5.15 Å². The monoisotopic (exact) mass is 255 g/mol. The molecule has 2 aliphatic rings. The Morgan fingerprint density at radius 2 is 2.06 bits per heavy atom. The van der Waals surface area contributed by atoms with Crippen LogP contribution in [0.15, 0.2) is 0 Å². The second-order valence-electron chi connectivity index (χ2n) is 5.03. The number of imidazole rings is 1. The van der Waals surface area contributed by atoms with Gasteiger partial charge in [0.1, 0.15) is 5.82 Å². The Hall–Kier alpha value is -0.580. The summed E-state index contributed by atoms with van der Waals surface area (Å²) in [5, 5.41) is 13.8. The molecule has 17 heavy (non-hydrogen) atoms. The SMILES string of the molecule is OC1CCc2c(Cl)nc(C3CCNCC3)n2C1. The van der Waals surface area contributed by atoms with Crippen molar-refractivity contribution < 1.29 is 5.11 Å². The molecule has 2 N–H and O–H groups in total. The highest BCUT2D eigenvalue weighted by Gasteiger charge is 2.28. The van der Waals surface area contributed by atoms with Gasteiger partial charge in [-0.2, -0.15) is 0 Å². The lowest BCUT2D eigenvalue weighted by molar-refractivity contribution is 0.129. The maximum absolute atomic E-state index is 9.78. The minimum Gasteiger partial charge on any atom is -0.391 e. The summed E-state index contributed by atoms with van der Waals surface area (Å²) in [6.45, 7) is 2.76. The number of rotatable bonds is 1. The molecular weight excluding hydrogens is 238 g/mol. The molecule has 1 saturated heterocycles. The first-order valence-corrected chi connectivity index (χ1v) is 6.77. The second kappa shape index (κ2) is 4.59. The minimum absolute atomic E-state index is 0.242. The van der Waals surface area contributed by atoms with Crippen LogP contribution in [-0.4, -0.2) is 33.9 Å². The van der Waals surface area contributed by atoms with Crippen molar-refractivity contribution in [3.05, 3.63) is 16.7 Å². The molecule has 3 heterocycles. The summed E-state index contributed by atoms with van der Waals surface area (Å²) in [6.07, 6.45) is 3.63. The molecule has 94 valence electrons. The Labute approximate surface area is 106 Å². The number of aliphatic hydroxyl groups excluding tert-OH is 1. The van der Waals surface area contributed by atoms with E-state index < -0.39 is 0 Å². The van der Waals surface area contributed by atoms with Gasteiger partial charge in [0.05, 0.1) is 18.3 Å². The molecular formula is C12H18ClN3O. The van der Waals surface area contributed by atoms with Crippen LogP contribution in [0.5, 0.6) is 0 Å². The van der Waals surface area contributed by atoms with Crippen molar-refractivity contribution in [1.29, 1.82) is 0 Å². The average molecular weight is 256 g/mol. The van der Waals surface area contributed by atoms with Gasteiger partial charge in [0, 0.05) is 5.92 Å².